The zero-order chi connectivity index (χ0) is 21.1. The third kappa shape index (κ3) is 4.52. The number of benzene rings is 2. The van der Waals surface area contributed by atoms with Crippen LogP contribution in [0.3, 0.4) is 0 Å². The number of piperidine rings is 1. The van der Waals surface area contributed by atoms with E-state index in [1.165, 1.54) is 11.3 Å². The number of nitrogens with two attached hydrogens (primary N) is 1. The van der Waals surface area contributed by atoms with E-state index in [2.05, 4.69) is 0 Å². The SMILES string of the molecule is Cc1cccc2sc(N(Cc3ccccc3)C(=O)CN3CCC[C@H](C(N)=O)C3)nc12. The lowest BCUT2D eigenvalue weighted by Gasteiger charge is -2.32. The lowest BCUT2D eigenvalue weighted by molar-refractivity contribution is -0.125. The number of rotatable bonds is 6. The first-order valence-electron chi connectivity index (χ1n) is 10.2. The highest BCUT2D eigenvalue weighted by atomic mass is 32.1. The van der Waals surface area contributed by atoms with Gasteiger partial charge in [0.1, 0.15) is 0 Å². The number of nitrogens with zero attached hydrogens (tertiary/aromatic N) is 3. The number of amides is 2. The number of primary amides is 1. The van der Waals surface area contributed by atoms with Gasteiger partial charge in [0.2, 0.25) is 11.8 Å². The van der Waals surface area contributed by atoms with E-state index in [0.717, 1.165) is 40.7 Å². The van der Waals surface area contributed by atoms with Gasteiger partial charge in [0.05, 0.1) is 29.2 Å². The highest BCUT2D eigenvalue weighted by Gasteiger charge is 2.28. The van der Waals surface area contributed by atoms with Gasteiger partial charge in [0.15, 0.2) is 5.13 Å². The molecule has 0 radical (unpaired) electrons. The van der Waals surface area contributed by atoms with Crippen molar-refractivity contribution in [2.24, 2.45) is 11.7 Å². The molecule has 0 aliphatic carbocycles. The molecule has 2 heterocycles. The molecule has 4 rings (SSSR count). The van der Waals surface area contributed by atoms with Crippen LogP contribution in [0.1, 0.15) is 24.0 Å². The second-order valence-corrected chi connectivity index (χ2v) is 8.87. The first-order chi connectivity index (χ1) is 14.5. The van der Waals surface area contributed by atoms with E-state index in [1.807, 2.05) is 60.4 Å². The highest BCUT2D eigenvalue weighted by Crippen LogP contribution is 2.31. The highest BCUT2D eigenvalue weighted by molar-refractivity contribution is 7.22. The number of likely N-dealkylation sites (tertiary alicyclic amines) is 1. The standard InChI is InChI=1S/C23H26N4O2S/c1-16-7-5-11-19-21(16)25-23(30-19)27(13-17-8-3-2-4-9-17)20(28)15-26-12-6-10-18(14-26)22(24)29/h2-5,7-9,11,18H,6,10,12-15H2,1H3,(H2,24,29)/t18-/m0/s1. The minimum atomic E-state index is -0.282. The maximum absolute atomic E-state index is 13.4. The number of fused-ring (bicyclic) bond motifs is 1. The van der Waals surface area contributed by atoms with Gasteiger partial charge in [-0.3, -0.25) is 19.4 Å². The van der Waals surface area contributed by atoms with Gasteiger partial charge in [-0.2, -0.15) is 0 Å². The first kappa shape index (κ1) is 20.5. The molecular formula is C23H26N4O2S. The first-order valence-corrected chi connectivity index (χ1v) is 11.0. The van der Waals surface area contributed by atoms with Crippen LogP contribution in [0, 0.1) is 12.8 Å². The Hall–Kier alpha value is -2.77. The zero-order valence-corrected chi connectivity index (χ0v) is 17.9. The second-order valence-electron chi connectivity index (χ2n) is 7.86. The Kier molecular flexibility index (Phi) is 6.11. The van der Waals surface area contributed by atoms with Crippen LogP contribution in [0.4, 0.5) is 5.13 Å². The monoisotopic (exact) mass is 422 g/mol. The number of anilines is 1. The van der Waals surface area contributed by atoms with Crippen LogP contribution in [0.5, 0.6) is 0 Å². The van der Waals surface area contributed by atoms with Crippen molar-refractivity contribution in [3.63, 3.8) is 0 Å². The molecule has 1 aliphatic rings. The maximum atomic E-state index is 13.4. The molecule has 1 atom stereocenters. The number of carbonyl (C=O) groups is 2. The molecule has 7 heteroatoms. The number of hydrogen-bond acceptors (Lipinski definition) is 5. The summed E-state index contributed by atoms with van der Waals surface area (Å²) in [6, 6.07) is 16.0. The molecule has 1 aliphatic heterocycles. The van der Waals surface area contributed by atoms with Crippen molar-refractivity contribution in [3.05, 3.63) is 59.7 Å². The molecule has 0 saturated carbocycles. The molecule has 1 aromatic heterocycles. The van der Waals surface area contributed by atoms with E-state index >= 15 is 0 Å². The minimum absolute atomic E-state index is 0.0133. The predicted octanol–water partition coefficient (Wildman–Crippen LogP) is 3.34. The third-order valence-electron chi connectivity index (χ3n) is 5.59. The molecule has 156 valence electrons. The molecule has 1 fully saturated rings. The Bertz CT molecular complexity index is 1050. The van der Waals surface area contributed by atoms with Crippen LogP contribution >= 0.6 is 11.3 Å². The lowest BCUT2D eigenvalue weighted by Crippen LogP contribution is -2.46. The summed E-state index contributed by atoms with van der Waals surface area (Å²) in [5, 5.41) is 0.705. The molecule has 30 heavy (non-hydrogen) atoms. The lowest BCUT2D eigenvalue weighted by atomic mass is 9.97. The normalized spacial score (nSPS) is 17.2. The van der Waals surface area contributed by atoms with E-state index in [-0.39, 0.29) is 24.3 Å². The predicted molar refractivity (Wildman–Crippen MR) is 120 cm³/mol. The summed E-state index contributed by atoms with van der Waals surface area (Å²) in [6.45, 7) is 4.09. The van der Waals surface area contributed by atoms with Crippen molar-refractivity contribution < 1.29 is 9.59 Å². The molecule has 2 aromatic carbocycles. The van der Waals surface area contributed by atoms with E-state index < -0.39 is 0 Å². The largest absolute Gasteiger partial charge is 0.369 e. The van der Waals surface area contributed by atoms with Crippen LogP contribution < -0.4 is 10.6 Å². The summed E-state index contributed by atoms with van der Waals surface area (Å²) >= 11 is 1.54. The van der Waals surface area contributed by atoms with Crippen LogP contribution in [-0.4, -0.2) is 41.3 Å². The van der Waals surface area contributed by atoms with Gasteiger partial charge in [-0.15, -0.1) is 0 Å². The van der Waals surface area contributed by atoms with E-state index in [1.54, 1.807) is 4.90 Å². The summed E-state index contributed by atoms with van der Waals surface area (Å²) in [7, 11) is 0. The Labute approximate surface area is 180 Å². The number of thiazole rings is 1. The average molecular weight is 423 g/mol. The minimum Gasteiger partial charge on any atom is -0.369 e. The summed E-state index contributed by atoms with van der Waals surface area (Å²) < 4.78 is 1.07. The summed E-state index contributed by atoms with van der Waals surface area (Å²) in [5.74, 6) is -0.477. The van der Waals surface area contributed by atoms with Crippen molar-refractivity contribution in [2.45, 2.75) is 26.3 Å². The van der Waals surface area contributed by atoms with Gasteiger partial charge in [0, 0.05) is 6.54 Å². The summed E-state index contributed by atoms with van der Waals surface area (Å²) in [6.07, 6.45) is 1.67. The molecule has 0 unspecified atom stereocenters. The Morgan fingerprint density at radius 2 is 2.00 bits per heavy atom. The number of para-hydroxylation sites is 1. The smallest absolute Gasteiger partial charge is 0.243 e. The van der Waals surface area contributed by atoms with E-state index in [9.17, 15) is 9.59 Å². The van der Waals surface area contributed by atoms with Gasteiger partial charge in [-0.1, -0.05) is 53.8 Å². The third-order valence-corrected chi connectivity index (χ3v) is 6.64. The fourth-order valence-corrected chi connectivity index (χ4v) is 4.99. The molecule has 3 aromatic rings. The number of aromatic nitrogens is 1. The average Bonchev–Trinajstić information content (AvgIpc) is 3.18. The van der Waals surface area contributed by atoms with Gasteiger partial charge < -0.3 is 5.73 Å². The summed E-state index contributed by atoms with van der Waals surface area (Å²) in [5.41, 5.74) is 8.59. The van der Waals surface area contributed by atoms with E-state index in [0.29, 0.717) is 18.2 Å². The van der Waals surface area contributed by atoms with Crippen molar-refractivity contribution in [2.75, 3.05) is 24.5 Å². The van der Waals surface area contributed by atoms with Crippen molar-refractivity contribution in [3.8, 4) is 0 Å². The molecule has 0 bridgehead atoms. The van der Waals surface area contributed by atoms with Crippen molar-refractivity contribution >= 4 is 38.5 Å². The molecular weight excluding hydrogens is 396 g/mol. The quantitative estimate of drug-likeness (QED) is 0.661. The number of aryl methyl sites for hydroxylation is 1. The molecule has 2 N–H and O–H groups in total. The number of hydrogen-bond donors (Lipinski definition) is 1. The molecule has 1 saturated heterocycles. The fraction of sp³-hybridized carbons (Fsp3) is 0.348. The Morgan fingerprint density at radius 3 is 2.73 bits per heavy atom. The van der Waals surface area contributed by atoms with Gasteiger partial charge in [0.25, 0.3) is 0 Å². The Balaban J connectivity index is 1.60. The topological polar surface area (TPSA) is 79.5 Å². The van der Waals surface area contributed by atoms with Crippen molar-refractivity contribution in [1.29, 1.82) is 0 Å². The van der Waals surface area contributed by atoms with Gasteiger partial charge in [-0.25, -0.2) is 4.98 Å². The van der Waals surface area contributed by atoms with Crippen LogP contribution in [-0.2, 0) is 16.1 Å². The summed E-state index contributed by atoms with van der Waals surface area (Å²) in [4.78, 5) is 33.6. The van der Waals surface area contributed by atoms with Crippen LogP contribution in [0.15, 0.2) is 48.5 Å². The van der Waals surface area contributed by atoms with Crippen LogP contribution in [0.25, 0.3) is 10.2 Å². The van der Waals surface area contributed by atoms with Crippen molar-refractivity contribution in [1.82, 2.24) is 9.88 Å². The van der Waals surface area contributed by atoms with Crippen LogP contribution in [0.2, 0.25) is 0 Å². The van der Waals surface area contributed by atoms with Gasteiger partial charge in [-0.05, 0) is 43.5 Å². The van der Waals surface area contributed by atoms with E-state index in [4.69, 9.17) is 10.7 Å². The van der Waals surface area contributed by atoms with Gasteiger partial charge >= 0.3 is 0 Å². The number of carbonyl (C=O) groups excluding carboxylic acids is 2. The zero-order valence-electron chi connectivity index (χ0n) is 17.1. The maximum Gasteiger partial charge on any atom is 0.243 e. The Morgan fingerprint density at radius 1 is 1.20 bits per heavy atom. The second kappa shape index (κ2) is 8.93. The molecule has 2 amide bonds. The molecule has 0 spiro atoms. The fourth-order valence-electron chi connectivity index (χ4n) is 3.93. The molecule has 6 nitrogen and oxygen atoms in total.